The summed E-state index contributed by atoms with van der Waals surface area (Å²) < 4.78 is 24.4. The Balaban J connectivity index is 5.27. The van der Waals surface area contributed by atoms with Crippen molar-refractivity contribution in [2.24, 2.45) is 0 Å². The Morgan fingerprint density at radius 1 is 1.38 bits per heavy atom. The summed E-state index contributed by atoms with van der Waals surface area (Å²) in [5.74, 6) is -1.13. The summed E-state index contributed by atoms with van der Waals surface area (Å²) in [6.07, 6.45) is 0.586. The maximum Gasteiger partial charge on any atom is 0.318 e. The second-order valence-corrected chi connectivity index (χ2v) is 7.46. The molecule has 6 heteroatoms. The predicted octanol–water partition coefficient (Wildman–Crippen LogP) is 1.30. The fourth-order valence-electron chi connectivity index (χ4n) is 1.17. The number of carboxylic acids is 1. The molecule has 0 spiro atoms. The molecular formula is C10H21NO4S. The minimum Gasteiger partial charge on any atom is -0.480 e. The van der Waals surface area contributed by atoms with E-state index in [9.17, 15) is 13.2 Å². The van der Waals surface area contributed by atoms with E-state index in [4.69, 9.17) is 5.11 Å². The molecule has 0 heterocycles. The second kappa shape index (κ2) is 5.14. The van der Waals surface area contributed by atoms with Crippen LogP contribution in [0, 0.1) is 0 Å². The van der Waals surface area contributed by atoms with Gasteiger partial charge in [0, 0.05) is 6.04 Å². The summed E-state index contributed by atoms with van der Waals surface area (Å²) in [5, 5.41) is 8.75. The maximum atomic E-state index is 12.2. The van der Waals surface area contributed by atoms with Gasteiger partial charge in [0.15, 0.2) is 0 Å². The third kappa shape index (κ3) is 3.45. The zero-order valence-electron chi connectivity index (χ0n) is 10.5. The van der Waals surface area contributed by atoms with Gasteiger partial charge in [0.05, 0.1) is 4.75 Å². The van der Waals surface area contributed by atoms with E-state index in [1.54, 1.807) is 27.7 Å². The highest BCUT2D eigenvalue weighted by atomic mass is 32.2. The van der Waals surface area contributed by atoms with Crippen LogP contribution in [-0.4, -0.2) is 41.1 Å². The van der Waals surface area contributed by atoms with Crippen LogP contribution in [0.2, 0.25) is 0 Å². The van der Waals surface area contributed by atoms with Gasteiger partial charge in [-0.1, -0.05) is 6.92 Å². The van der Waals surface area contributed by atoms with Gasteiger partial charge in [-0.25, -0.2) is 8.42 Å². The van der Waals surface area contributed by atoms with Crippen molar-refractivity contribution in [2.75, 3.05) is 6.54 Å². The molecule has 0 bridgehead atoms. The third-order valence-corrected chi connectivity index (χ3v) is 5.11. The van der Waals surface area contributed by atoms with Gasteiger partial charge >= 0.3 is 5.97 Å². The van der Waals surface area contributed by atoms with Crippen molar-refractivity contribution < 1.29 is 18.3 Å². The summed E-state index contributed by atoms with van der Waals surface area (Å²) in [6.45, 7) is 7.78. The van der Waals surface area contributed by atoms with E-state index in [-0.39, 0.29) is 6.04 Å². The number of hydrogen-bond donors (Lipinski definition) is 1. The summed E-state index contributed by atoms with van der Waals surface area (Å²) in [6, 6.07) is -0.305. The van der Waals surface area contributed by atoms with Crippen LogP contribution < -0.4 is 0 Å². The second-order valence-electron chi connectivity index (χ2n) is 4.81. The average molecular weight is 251 g/mol. The molecule has 96 valence electrons. The molecule has 0 aromatic rings. The molecule has 0 radical (unpaired) electrons. The van der Waals surface area contributed by atoms with Gasteiger partial charge in [0.25, 0.3) is 0 Å². The fourth-order valence-corrected chi connectivity index (χ4v) is 2.77. The first-order valence-electron chi connectivity index (χ1n) is 5.27. The summed E-state index contributed by atoms with van der Waals surface area (Å²) in [5.41, 5.74) is 0. The van der Waals surface area contributed by atoms with Crippen LogP contribution in [0.25, 0.3) is 0 Å². The molecular weight excluding hydrogens is 230 g/mol. The number of carboxylic acid groups (broad SMARTS) is 1. The molecule has 0 aliphatic carbocycles. The molecule has 0 rings (SSSR count). The van der Waals surface area contributed by atoms with Gasteiger partial charge in [-0.3, -0.25) is 4.79 Å². The average Bonchev–Trinajstić information content (AvgIpc) is 2.10. The minimum absolute atomic E-state index is 0.305. The van der Waals surface area contributed by atoms with Crippen molar-refractivity contribution in [3.8, 4) is 0 Å². The molecule has 5 nitrogen and oxygen atoms in total. The SMILES string of the molecule is CCC(C)N(CC(=O)O)S(=O)(=O)C(C)(C)C. The number of hydrogen-bond acceptors (Lipinski definition) is 3. The highest BCUT2D eigenvalue weighted by molar-refractivity contribution is 7.90. The Kier molecular flexibility index (Phi) is 4.94. The van der Waals surface area contributed by atoms with Crippen molar-refractivity contribution in [3.63, 3.8) is 0 Å². The highest BCUT2D eigenvalue weighted by Crippen LogP contribution is 2.23. The van der Waals surface area contributed by atoms with Crippen LogP contribution in [0.15, 0.2) is 0 Å². The monoisotopic (exact) mass is 251 g/mol. The van der Waals surface area contributed by atoms with Crippen LogP contribution in [0.4, 0.5) is 0 Å². The Bertz CT molecular complexity index is 342. The summed E-state index contributed by atoms with van der Waals surface area (Å²) in [4.78, 5) is 10.7. The van der Waals surface area contributed by atoms with E-state index in [0.717, 1.165) is 4.31 Å². The molecule has 1 atom stereocenters. The third-order valence-electron chi connectivity index (χ3n) is 2.46. The molecule has 1 N–H and O–H groups in total. The largest absolute Gasteiger partial charge is 0.480 e. The lowest BCUT2D eigenvalue weighted by molar-refractivity contribution is -0.137. The van der Waals surface area contributed by atoms with Gasteiger partial charge < -0.3 is 5.11 Å². The summed E-state index contributed by atoms with van der Waals surface area (Å²) >= 11 is 0. The zero-order valence-corrected chi connectivity index (χ0v) is 11.3. The van der Waals surface area contributed by atoms with Crippen LogP contribution in [-0.2, 0) is 14.8 Å². The van der Waals surface area contributed by atoms with Crippen molar-refractivity contribution in [1.29, 1.82) is 0 Å². The van der Waals surface area contributed by atoms with Gasteiger partial charge in [0.1, 0.15) is 6.54 Å². The molecule has 0 fully saturated rings. The van der Waals surface area contributed by atoms with Crippen LogP contribution in [0.5, 0.6) is 0 Å². The molecule has 1 unspecified atom stereocenters. The van der Waals surface area contributed by atoms with Gasteiger partial charge in [-0.05, 0) is 34.1 Å². The molecule has 0 aromatic carbocycles. The topological polar surface area (TPSA) is 74.7 Å². The highest BCUT2D eigenvalue weighted by Gasteiger charge is 2.38. The molecule has 16 heavy (non-hydrogen) atoms. The zero-order chi connectivity index (χ0) is 13.1. The number of sulfonamides is 1. The number of aliphatic carboxylic acids is 1. The van der Waals surface area contributed by atoms with Crippen molar-refractivity contribution >= 4 is 16.0 Å². The summed E-state index contributed by atoms with van der Waals surface area (Å²) in [7, 11) is -3.59. The quantitative estimate of drug-likeness (QED) is 0.799. The molecule has 0 aliphatic rings. The number of carbonyl (C=O) groups is 1. The van der Waals surface area contributed by atoms with Crippen LogP contribution in [0.1, 0.15) is 41.0 Å². The van der Waals surface area contributed by atoms with Gasteiger partial charge in [0.2, 0.25) is 10.0 Å². The molecule has 0 aliphatic heterocycles. The van der Waals surface area contributed by atoms with E-state index >= 15 is 0 Å². The first-order chi connectivity index (χ1) is 7.04. The Labute approximate surface area is 97.5 Å². The normalized spacial score (nSPS) is 15.1. The van der Waals surface area contributed by atoms with Crippen LogP contribution >= 0.6 is 0 Å². The lowest BCUT2D eigenvalue weighted by Gasteiger charge is -2.32. The maximum absolute atomic E-state index is 12.2. The Hall–Kier alpha value is -0.620. The molecule has 0 saturated carbocycles. The molecule has 0 amide bonds. The number of rotatable bonds is 5. The van der Waals surface area contributed by atoms with Crippen molar-refractivity contribution in [3.05, 3.63) is 0 Å². The molecule has 0 aromatic heterocycles. The standard InChI is InChI=1S/C10H21NO4S/c1-6-8(2)11(7-9(12)13)16(14,15)10(3,4)5/h8H,6-7H2,1-5H3,(H,12,13). The predicted molar refractivity (Wildman–Crippen MR) is 62.8 cm³/mol. The lowest BCUT2D eigenvalue weighted by Crippen LogP contribution is -2.49. The molecule has 0 saturated heterocycles. The first-order valence-corrected chi connectivity index (χ1v) is 6.71. The van der Waals surface area contributed by atoms with E-state index < -0.39 is 27.3 Å². The Morgan fingerprint density at radius 2 is 1.81 bits per heavy atom. The number of nitrogens with zero attached hydrogens (tertiary/aromatic N) is 1. The van der Waals surface area contributed by atoms with Gasteiger partial charge in [-0.15, -0.1) is 0 Å². The lowest BCUT2D eigenvalue weighted by atomic mass is 10.2. The van der Waals surface area contributed by atoms with Crippen LogP contribution in [0.3, 0.4) is 0 Å². The smallest absolute Gasteiger partial charge is 0.318 e. The van der Waals surface area contributed by atoms with E-state index in [1.165, 1.54) is 0 Å². The fraction of sp³-hybridized carbons (Fsp3) is 0.900. The van der Waals surface area contributed by atoms with E-state index in [2.05, 4.69) is 0 Å². The van der Waals surface area contributed by atoms with E-state index in [0.29, 0.717) is 6.42 Å². The first kappa shape index (κ1) is 15.4. The van der Waals surface area contributed by atoms with Crippen molar-refractivity contribution in [2.45, 2.75) is 51.8 Å². The van der Waals surface area contributed by atoms with Gasteiger partial charge in [-0.2, -0.15) is 4.31 Å². The van der Waals surface area contributed by atoms with E-state index in [1.807, 2.05) is 6.92 Å². The minimum atomic E-state index is -3.59. The Morgan fingerprint density at radius 3 is 2.06 bits per heavy atom. The van der Waals surface area contributed by atoms with Crippen molar-refractivity contribution in [1.82, 2.24) is 4.31 Å².